The van der Waals surface area contributed by atoms with E-state index >= 15 is 0 Å². The Morgan fingerprint density at radius 1 is 1.23 bits per heavy atom. The van der Waals surface area contributed by atoms with Crippen molar-refractivity contribution in [1.29, 1.82) is 0 Å². The van der Waals surface area contributed by atoms with Crippen molar-refractivity contribution in [1.82, 2.24) is 14.8 Å². The van der Waals surface area contributed by atoms with Gasteiger partial charge in [-0.25, -0.2) is 9.18 Å². The van der Waals surface area contributed by atoms with Crippen molar-refractivity contribution in [3.8, 4) is 0 Å². The molecule has 3 aromatic rings. The molecule has 6 heteroatoms. The minimum atomic E-state index is -1.00. The number of carboxylic acids is 1. The topological polar surface area (TPSA) is 68.0 Å². The zero-order valence-corrected chi connectivity index (χ0v) is 14.8. The lowest BCUT2D eigenvalue weighted by atomic mass is 10.0. The third-order valence-corrected chi connectivity index (χ3v) is 4.50. The molecule has 5 nitrogen and oxygen atoms in total. The van der Waals surface area contributed by atoms with Crippen molar-refractivity contribution in [2.45, 2.75) is 45.6 Å². The number of benzene rings is 1. The number of carboxylic acid groups (broad SMARTS) is 1. The summed E-state index contributed by atoms with van der Waals surface area (Å²) in [6.45, 7) is 2.93. The van der Waals surface area contributed by atoms with Crippen LogP contribution in [0.4, 0.5) is 4.39 Å². The molecule has 0 atom stereocenters. The first-order valence-corrected chi connectivity index (χ1v) is 8.91. The van der Waals surface area contributed by atoms with E-state index in [1.165, 1.54) is 37.0 Å². The lowest BCUT2D eigenvalue weighted by Crippen LogP contribution is -2.05. The number of aromatic carboxylic acids is 1. The van der Waals surface area contributed by atoms with Crippen molar-refractivity contribution >= 4 is 16.9 Å². The molecule has 0 bridgehead atoms. The second-order valence-corrected chi connectivity index (χ2v) is 6.41. The van der Waals surface area contributed by atoms with Crippen LogP contribution in [-0.2, 0) is 13.0 Å². The van der Waals surface area contributed by atoms with Gasteiger partial charge in [0.2, 0.25) is 0 Å². The number of pyridine rings is 1. The first-order valence-electron chi connectivity index (χ1n) is 8.91. The summed E-state index contributed by atoms with van der Waals surface area (Å²) in [6, 6.07) is 6.12. The number of aromatic nitrogens is 3. The van der Waals surface area contributed by atoms with E-state index in [-0.39, 0.29) is 11.4 Å². The molecule has 0 amide bonds. The Bertz CT molecular complexity index is 921. The van der Waals surface area contributed by atoms with Crippen molar-refractivity contribution in [2.75, 3.05) is 0 Å². The van der Waals surface area contributed by atoms with Gasteiger partial charge in [0, 0.05) is 30.7 Å². The van der Waals surface area contributed by atoms with Gasteiger partial charge < -0.3 is 5.11 Å². The Balaban J connectivity index is 1.95. The van der Waals surface area contributed by atoms with Crippen LogP contribution in [-0.4, -0.2) is 25.8 Å². The van der Waals surface area contributed by atoms with Gasteiger partial charge in [0.15, 0.2) is 0 Å². The van der Waals surface area contributed by atoms with Crippen molar-refractivity contribution in [2.24, 2.45) is 0 Å². The molecule has 0 saturated carbocycles. The Morgan fingerprint density at radius 3 is 2.85 bits per heavy atom. The van der Waals surface area contributed by atoms with Crippen LogP contribution in [0.25, 0.3) is 10.9 Å². The predicted molar refractivity (Wildman–Crippen MR) is 97.8 cm³/mol. The maximum atomic E-state index is 13.8. The smallest absolute Gasteiger partial charge is 0.336 e. The minimum Gasteiger partial charge on any atom is -0.478 e. The fourth-order valence-electron chi connectivity index (χ4n) is 3.16. The van der Waals surface area contributed by atoms with Crippen molar-refractivity contribution in [3.63, 3.8) is 0 Å². The number of nitrogens with zero attached hydrogens (tertiary/aromatic N) is 3. The summed E-state index contributed by atoms with van der Waals surface area (Å²) in [5, 5.41) is 14.7. The van der Waals surface area contributed by atoms with Gasteiger partial charge in [0.25, 0.3) is 0 Å². The van der Waals surface area contributed by atoms with E-state index in [4.69, 9.17) is 0 Å². The molecule has 0 aliphatic rings. The molecular formula is C20H22FN3O2. The lowest BCUT2D eigenvalue weighted by molar-refractivity contribution is 0.0695. The summed E-state index contributed by atoms with van der Waals surface area (Å²) in [6.07, 6.45) is 7.77. The molecule has 2 heterocycles. The molecule has 136 valence electrons. The van der Waals surface area contributed by atoms with Crippen LogP contribution in [0.5, 0.6) is 0 Å². The van der Waals surface area contributed by atoms with Gasteiger partial charge in [-0.15, -0.1) is 0 Å². The highest BCUT2D eigenvalue weighted by atomic mass is 19.1. The lowest BCUT2D eigenvalue weighted by Gasteiger charge is -2.04. The number of hydrogen-bond acceptors (Lipinski definition) is 3. The van der Waals surface area contributed by atoms with E-state index in [1.807, 2.05) is 4.68 Å². The van der Waals surface area contributed by atoms with Gasteiger partial charge in [-0.05, 0) is 36.2 Å². The third-order valence-electron chi connectivity index (χ3n) is 4.50. The molecule has 1 aromatic carbocycles. The molecule has 0 radical (unpaired) electrons. The number of fused-ring (bicyclic) bond motifs is 1. The van der Waals surface area contributed by atoms with Crippen LogP contribution in [0.2, 0.25) is 0 Å². The molecule has 1 N–H and O–H groups in total. The molecule has 3 rings (SSSR count). The van der Waals surface area contributed by atoms with Gasteiger partial charge in [0.05, 0.1) is 16.8 Å². The average Bonchev–Trinajstić information content (AvgIpc) is 2.96. The Morgan fingerprint density at radius 2 is 2.08 bits per heavy atom. The van der Waals surface area contributed by atoms with Crippen molar-refractivity contribution in [3.05, 3.63) is 59.3 Å². The summed E-state index contributed by atoms with van der Waals surface area (Å²) in [4.78, 5) is 15.5. The number of unbranched alkanes of at least 4 members (excludes halogenated alkanes) is 3. The van der Waals surface area contributed by atoms with Crippen LogP contribution >= 0.6 is 0 Å². The minimum absolute atomic E-state index is 0.196. The Labute approximate surface area is 151 Å². The molecule has 0 unspecified atom stereocenters. The quantitative estimate of drug-likeness (QED) is 0.607. The Hall–Kier alpha value is -2.76. The van der Waals surface area contributed by atoms with Crippen molar-refractivity contribution < 1.29 is 14.3 Å². The molecule has 0 aliphatic carbocycles. The fourth-order valence-corrected chi connectivity index (χ4v) is 3.16. The molecule has 0 spiro atoms. The van der Waals surface area contributed by atoms with Crippen LogP contribution in [0.15, 0.2) is 36.7 Å². The standard InChI is InChI=1S/C20H22FN3O2/c1-2-3-4-5-10-24-19-7-6-15(21)12-17(19)18(23-24)11-14-13-22-9-8-16(14)20(25)26/h6-9,12-13H,2-5,10-11H2,1H3,(H,25,26). The summed E-state index contributed by atoms with van der Waals surface area (Å²) >= 11 is 0. The highest BCUT2D eigenvalue weighted by molar-refractivity contribution is 5.89. The summed E-state index contributed by atoms with van der Waals surface area (Å²) in [5.74, 6) is -1.33. The average molecular weight is 355 g/mol. The fraction of sp³-hybridized carbons (Fsp3) is 0.350. The van der Waals surface area contributed by atoms with Gasteiger partial charge in [-0.1, -0.05) is 26.2 Å². The molecule has 2 aromatic heterocycles. The van der Waals surface area contributed by atoms with Crippen LogP contribution < -0.4 is 0 Å². The number of rotatable bonds is 8. The second-order valence-electron chi connectivity index (χ2n) is 6.41. The summed E-state index contributed by atoms with van der Waals surface area (Å²) in [5.41, 5.74) is 2.31. The van der Waals surface area contributed by atoms with Crippen LogP contribution in [0.1, 0.15) is 54.2 Å². The molecule has 0 fully saturated rings. The highest BCUT2D eigenvalue weighted by Gasteiger charge is 2.16. The maximum absolute atomic E-state index is 13.8. The van der Waals surface area contributed by atoms with E-state index in [1.54, 1.807) is 6.07 Å². The first kappa shape index (κ1) is 18.0. The van der Waals surface area contributed by atoms with Gasteiger partial charge in [0.1, 0.15) is 5.82 Å². The molecule has 0 aliphatic heterocycles. The molecule has 26 heavy (non-hydrogen) atoms. The normalized spacial score (nSPS) is 11.2. The predicted octanol–water partition coefficient (Wildman–Crippen LogP) is 4.44. The van der Waals surface area contributed by atoms with E-state index in [0.717, 1.165) is 36.7 Å². The number of halogens is 1. The van der Waals surface area contributed by atoms with Crippen LogP contribution in [0, 0.1) is 5.82 Å². The monoisotopic (exact) mass is 355 g/mol. The molecule has 0 saturated heterocycles. The molecular weight excluding hydrogens is 333 g/mol. The number of aryl methyl sites for hydroxylation is 1. The van der Waals surface area contributed by atoms with Gasteiger partial charge >= 0.3 is 5.97 Å². The zero-order valence-electron chi connectivity index (χ0n) is 14.8. The largest absolute Gasteiger partial charge is 0.478 e. The number of hydrogen-bond donors (Lipinski definition) is 1. The summed E-state index contributed by atoms with van der Waals surface area (Å²) < 4.78 is 15.7. The van der Waals surface area contributed by atoms with Crippen LogP contribution in [0.3, 0.4) is 0 Å². The van der Waals surface area contributed by atoms with Gasteiger partial charge in [-0.3, -0.25) is 9.67 Å². The third kappa shape index (κ3) is 3.90. The first-order chi connectivity index (χ1) is 12.6. The SMILES string of the molecule is CCCCCCn1nc(Cc2cnccc2C(=O)O)c2cc(F)ccc21. The van der Waals surface area contributed by atoms with E-state index in [9.17, 15) is 14.3 Å². The second kappa shape index (κ2) is 8.08. The summed E-state index contributed by atoms with van der Waals surface area (Å²) in [7, 11) is 0. The van der Waals surface area contributed by atoms with Gasteiger partial charge in [-0.2, -0.15) is 5.10 Å². The zero-order chi connectivity index (χ0) is 18.5. The highest BCUT2D eigenvalue weighted by Crippen LogP contribution is 2.24. The van der Waals surface area contributed by atoms with E-state index in [0.29, 0.717) is 17.7 Å². The van der Waals surface area contributed by atoms with E-state index < -0.39 is 5.97 Å². The van der Waals surface area contributed by atoms with E-state index in [2.05, 4.69) is 17.0 Å². The number of carbonyl (C=O) groups is 1. The maximum Gasteiger partial charge on any atom is 0.336 e. The Kier molecular flexibility index (Phi) is 5.61.